The second-order valence-corrected chi connectivity index (χ2v) is 6.03. The molecule has 2 heterocycles. The molecule has 0 atom stereocenters. The van der Waals surface area contributed by atoms with Crippen molar-refractivity contribution in [1.29, 1.82) is 5.26 Å². The van der Waals surface area contributed by atoms with Gasteiger partial charge in [0.05, 0.1) is 22.8 Å². The fraction of sp³-hybridized carbons (Fsp3) is 0.0556. The standard InChI is InChI=1S/C18H11BrN2O2/c1-11(22)15-9-17(18(23)13-2-4-14(19)5-3-13)21-7-6-12(10-20)8-16(15)21/h2-9H,1H3. The molecule has 3 aromatic rings. The van der Waals surface area contributed by atoms with E-state index in [1.165, 1.54) is 6.92 Å². The lowest BCUT2D eigenvalue weighted by Gasteiger charge is -2.03. The van der Waals surface area contributed by atoms with Crippen LogP contribution in [0.2, 0.25) is 0 Å². The summed E-state index contributed by atoms with van der Waals surface area (Å²) < 4.78 is 2.54. The van der Waals surface area contributed by atoms with Gasteiger partial charge in [-0.3, -0.25) is 9.59 Å². The molecule has 2 aromatic heterocycles. The van der Waals surface area contributed by atoms with E-state index in [2.05, 4.69) is 15.9 Å². The van der Waals surface area contributed by atoms with E-state index in [0.717, 1.165) is 4.47 Å². The Hall–Kier alpha value is -2.71. The van der Waals surface area contributed by atoms with Crippen LogP contribution >= 0.6 is 15.9 Å². The smallest absolute Gasteiger partial charge is 0.209 e. The lowest BCUT2D eigenvalue weighted by atomic mass is 10.1. The van der Waals surface area contributed by atoms with Crippen LogP contribution in [-0.4, -0.2) is 16.0 Å². The Morgan fingerprint density at radius 2 is 1.83 bits per heavy atom. The summed E-state index contributed by atoms with van der Waals surface area (Å²) in [6.07, 6.45) is 1.65. The molecular weight excluding hydrogens is 356 g/mol. The fourth-order valence-electron chi connectivity index (χ4n) is 2.47. The summed E-state index contributed by atoms with van der Waals surface area (Å²) in [7, 11) is 0. The van der Waals surface area contributed by atoms with Gasteiger partial charge in [0.1, 0.15) is 0 Å². The van der Waals surface area contributed by atoms with Crippen molar-refractivity contribution >= 4 is 33.0 Å². The van der Waals surface area contributed by atoms with Crippen LogP contribution in [0.25, 0.3) is 5.52 Å². The van der Waals surface area contributed by atoms with Gasteiger partial charge < -0.3 is 4.40 Å². The molecule has 112 valence electrons. The summed E-state index contributed by atoms with van der Waals surface area (Å²) in [6, 6.07) is 13.9. The van der Waals surface area contributed by atoms with Gasteiger partial charge in [-0.25, -0.2) is 0 Å². The Bertz CT molecular complexity index is 979. The molecule has 0 aliphatic heterocycles. The van der Waals surface area contributed by atoms with Crippen LogP contribution < -0.4 is 0 Å². The van der Waals surface area contributed by atoms with Crippen LogP contribution in [-0.2, 0) is 0 Å². The SMILES string of the molecule is CC(=O)c1cc(C(=O)c2ccc(Br)cc2)n2ccc(C#N)cc12. The Labute approximate surface area is 141 Å². The van der Waals surface area contributed by atoms with Crippen molar-refractivity contribution in [3.8, 4) is 6.07 Å². The van der Waals surface area contributed by atoms with Crippen molar-refractivity contribution < 1.29 is 9.59 Å². The van der Waals surface area contributed by atoms with Gasteiger partial charge in [0.15, 0.2) is 5.78 Å². The van der Waals surface area contributed by atoms with Gasteiger partial charge in [-0.1, -0.05) is 15.9 Å². The third-order valence-electron chi connectivity index (χ3n) is 3.62. The summed E-state index contributed by atoms with van der Waals surface area (Å²) in [5, 5.41) is 9.03. The van der Waals surface area contributed by atoms with Crippen molar-refractivity contribution in [1.82, 2.24) is 4.40 Å². The number of nitrogens with zero attached hydrogens (tertiary/aromatic N) is 2. The normalized spacial score (nSPS) is 10.5. The number of pyridine rings is 1. The topological polar surface area (TPSA) is 62.3 Å². The van der Waals surface area contributed by atoms with Gasteiger partial charge in [-0.15, -0.1) is 0 Å². The van der Waals surface area contributed by atoms with Crippen LogP contribution in [0, 0.1) is 11.3 Å². The zero-order valence-electron chi connectivity index (χ0n) is 12.2. The van der Waals surface area contributed by atoms with Gasteiger partial charge >= 0.3 is 0 Å². The van der Waals surface area contributed by atoms with E-state index in [4.69, 9.17) is 5.26 Å². The molecule has 0 fully saturated rings. The molecule has 3 rings (SSSR count). The predicted octanol–water partition coefficient (Wildman–Crippen LogP) is 4.01. The molecule has 0 aliphatic rings. The molecule has 4 nitrogen and oxygen atoms in total. The zero-order valence-corrected chi connectivity index (χ0v) is 13.8. The zero-order chi connectivity index (χ0) is 16.6. The van der Waals surface area contributed by atoms with E-state index in [1.54, 1.807) is 53.1 Å². The van der Waals surface area contributed by atoms with Crippen molar-refractivity contribution in [3.05, 3.63) is 75.5 Å². The Kier molecular flexibility index (Phi) is 3.85. The number of carbonyl (C=O) groups excluding carboxylic acids is 2. The molecule has 5 heteroatoms. The van der Waals surface area contributed by atoms with Crippen molar-refractivity contribution in [3.63, 3.8) is 0 Å². The average molecular weight is 367 g/mol. The highest BCUT2D eigenvalue weighted by molar-refractivity contribution is 9.10. The third kappa shape index (κ3) is 2.69. The van der Waals surface area contributed by atoms with Crippen LogP contribution in [0.5, 0.6) is 0 Å². The maximum atomic E-state index is 12.7. The Balaban J connectivity index is 2.22. The molecule has 0 aliphatic carbocycles. The first-order valence-electron chi connectivity index (χ1n) is 6.87. The van der Waals surface area contributed by atoms with Crippen LogP contribution in [0.3, 0.4) is 0 Å². The van der Waals surface area contributed by atoms with E-state index in [-0.39, 0.29) is 11.6 Å². The van der Waals surface area contributed by atoms with E-state index in [1.807, 2.05) is 6.07 Å². The molecule has 0 N–H and O–H groups in total. The molecule has 0 spiro atoms. The number of fused-ring (bicyclic) bond motifs is 1. The largest absolute Gasteiger partial charge is 0.313 e. The number of benzene rings is 1. The lowest BCUT2D eigenvalue weighted by Crippen LogP contribution is -2.04. The second kappa shape index (κ2) is 5.82. The minimum atomic E-state index is -0.176. The van der Waals surface area contributed by atoms with Crippen LogP contribution in [0.15, 0.2) is 53.1 Å². The molecule has 0 saturated heterocycles. The lowest BCUT2D eigenvalue weighted by molar-refractivity contribution is 0.101. The van der Waals surface area contributed by atoms with Crippen LogP contribution in [0.4, 0.5) is 0 Å². The number of aromatic nitrogens is 1. The number of rotatable bonds is 3. The number of Topliss-reactive ketones (excluding diaryl/α,β-unsaturated/α-hetero) is 1. The number of halogens is 1. The maximum Gasteiger partial charge on any atom is 0.209 e. The summed E-state index contributed by atoms with van der Waals surface area (Å²) in [5.74, 6) is -0.322. The first-order chi connectivity index (χ1) is 11.0. The summed E-state index contributed by atoms with van der Waals surface area (Å²) in [5.41, 5.74) is 2.38. The highest BCUT2D eigenvalue weighted by atomic mass is 79.9. The number of hydrogen-bond acceptors (Lipinski definition) is 3. The van der Waals surface area contributed by atoms with Gasteiger partial charge in [0.2, 0.25) is 5.78 Å². The van der Waals surface area contributed by atoms with E-state index in [0.29, 0.717) is 27.9 Å². The second-order valence-electron chi connectivity index (χ2n) is 5.12. The molecule has 1 aromatic carbocycles. The minimum Gasteiger partial charge on any atom is -0.313 e. The van der Waals surface area contributed by atoms with Gasteiger partial charge in [0.25, 0.3) is 0 Å². The minimum absolute atomic E-state index is 0.146. The maximum absolute atomic E-state index is 12.7. The molecule has 0 amide bonds. The molecule has 0 unspecified atom stereocenters. The molecule has 0 saturated carbocycles. The average Bonchev–Trinajstić information content (AvgIpc) is 2.93. The molecular formula is C18H11BrN2O2. The number of nitriles is 1. The summed E-state index contributed by atoms with van der Waals surface area (Å²) in [6.45, 7) is 1.45. The molecule has 23 heavy (non-hydrogen) atoms. The van der Waals surface area contributed by atoms with Crippen molar-refractivity contribution in [2.24, 2.45) is 0 Å². The molecule has 0 radical (unpaired) electrons. The van der Waals surface area contributed by atoms with Crippen molar-refractivity contribution in [2.75, 3.05) is 0 Å². The Morgan fingerprint density at radius 3 is 2.43 bits per heavy atom. The number of carbonyl (C=O) groups is 2. The summed E-state index contributed by atoms with van der Waals surface area (Å²) >= 11 is 3.34. The quantitative estimate of drug-likeness (QED) is 0.658. The van der Waals surface area contributed by atoms with Gasteiger partial charge in [-0.2, -0.15) is 5.26 Å². The number of ketones is 2. The summed E-state index contributed by atoms with van der Waals surface area (Å²) in [4.78, 5) is 24.6. The predicted molar refractivity (Wildman–Crippen MR) is 89.7 cm³/mol. The molecule has 0 bridgehead atoms. The monoisotopic (exact) mass is 366 g/mol. The van der Waals surface area contributed by atoms with Gasteiger partial charge in [0, 0.05) is 21.8 Å². The highest BCUT2D eigenvalue weighted by Gasteiger charge is 2.19. The number of hydrogen-bond donors (Lipinski definition) is 0. The first kappa shape index (κ1) is 15.2. The van der Waals surface area contributed by atoms with Crippen LogP contribution in [0.1, 0.15) is 38.9 Å². The van der Waals surface area contributed by atoms with E-state index < -0.39 is 0 Å². The fourth-order valence-corrected chi connectivity index (χ4v) is 2.74. The van der Waals surface area contributed by atoms with E-state index >= 15 is 0 Å². The Morgan fingerprint density at radius 1 is 1.13 bits per heavy atom. The van der Waals surface area contributed by atoms with Gasteiger partial charge in [-0.05, 0) is 49.4 Å². The van der Waals surface area contributed by atoms with E-state index in [9.17, 15) is 9.59 Å². The highest BCUT2D eigenvalue weighted by Crippen LogP contribution is 2.22. The van der Waals surface area contributed by atoms with Crippen molar-refractivity contribution in [2.45, 2.75) is 6.92 Å². The third-order valence-corrected chi connectivity index (χ3v) is 4.15. The first-order valence-corrected chi connectivity index (χ1v) is 7.67.